The van der Waals surface area contributed by atoms with Crippen molar-refractivity contribution < 1.29 is 4.79 Å². The lowest BCUT2D eigenvalue weighted by Gasteiger charge is -2.10. The summed E-state index contributed by atoms with van der Waals surface area (Å²) >= 11 is 6.30. The number of nitrogens with one attached hydrogen (secondary N) is 1. The van der Waals surface area contributed by atoms with Crippen LogP contribution in [0, 0.1) is 6.92 Å². The second-order valence-electron chi connectivity index (χ2n) is 8.03. The summed E-state index contributed by atoms with van der Waals surface area (Å²) in [6.45, 7) is 1.68. The molecule has 7 nitrogen and oxygen atoms in total. The zero-order valence-corrected chi connectivity index (χ0v) is 19.5. The maximum Gasteiger partial charge on any atom is 0.275 e. The summed E-state index contributed by atoms with van der Waals surface area (Å²) in [6, 6.07) is 24.5. The minimum absolute atomic E-state index is 0.282. The van der Waals surface area contributed by atoms with E-state index in [0.29, 0.717) is 16.6 Å². The minimum Gasteiger partial charge on any atom is -0.271 e. The Kier molecular flexibility index (Phi) is 6.08. The Morgan fingerprint density at radius 3 is 2.57 bits per heavy atom. The Balaban J connectivity index is 1.40. The number of aryl methyl sites for hydroxylation is 1. The van der Waals surface area contributed by atoms with Gasteiger partial charge in [-0.05, 0) is 24.6 Å². The van der Waals surface area contributed by atoms with Gasteiger partial charge >= 0.3 is 0 Å². The topological polar surface area (TPSA) is 89.2 Å². The van der Waals surface area contributed by atoms with Gasteiger partial charge in [0.15, 0.2) is 0 Å². The molecule has 0 unspecified atom stereocenters. The number of pyridine rings is 1. The molecule has 172 valence electrons. The van der Waals surface area contributed by atoms with Crippen LogP contribution in [0.5, 0.6) is 0 Å². The molecule has 2 heterocycles. The number of hydrogen-bond acceptors (Lipinski definition) is 5. The lowest BCUT2D eigenvalue weighted by Crippen LogP contribution is -2.32. The van der Waals surface area contributed by atoms with E-state index in [1.807, 2.05) is 73.7 Å². The van der Waals surface area contributed by atoms with Crippen molar-refractivity contribution in [2.45, 2.75) is 13.5 Å². The van der Waals surface area contributed by atoms with Gasteiger partial charge in [-0.2, -0.15) is 10.2 Å². The molecule has 0 saturated carbocycles. The number of hydrogen-bond donors (Lipinski definition) is 1. The first kappa shape index (κ1) is 22.4. The van der Waals surface area contributed by atoms with Crippen LogP contribution in [0.25, 0.3) is 32.9 Å². The maximum atomic E-state index is 13.0. The van der Waals surface area contributed by atoms with Crippen LogP contribution >= 0.6 is 11.6 Å². The number of para-hydroxylation sites is 1. The first-order valence-electron chi connectivity index (χ1n) is 10.9. The Labute approximate surface area is 205 Å². The molecule has 0 fully saturated rings. The molecule has 0 bridgehead atoms. The van der Waals surface area contributed by atoms with Crippen molar-refractivity contribution >= 4 is 45.4 Å². The fourth-order valence-electron chi connectivity index (χ4n) is 3.93. The van der Waals surface area contributed by atoms with E-state index in [9.17, 15) is 9.59 Å². The fourth-order valence-corrected chi connectivity index (χ4v) is 4.12. The standard InChI is InChI=1S/C27H20ClN5O2/c1-17-8-7-11-19-14-20(26(28)30-24(17)19)15-29-31-23(34)16-33-27(35)22-13-6-5-12-21(22)25(32-33)18-9-3-2-4-10-18/h2-15H,16H2,1H3,(H,31,34)/b29-15+. The van der Waals surface area contributed by atoms with Crippen LogP contribution in [0.3, 0.4) is 0 Å². The first-order chi connectivity index (χ1) is 17.0. The van der Waals surface area contributed by atoms with Gasteiger partial charge in [-0.15, -0.1) is 0 Å². The summed E-state index contributed by atoms with van der Waals surface area (Å²) in [5.41, 5.74) is 5.97. The molecule has 0 aliphatic carbocycles. The molecule has 0 aliphatic heterocycles. The van der Waals surface area contributed by atoms with Gasteiger partial charge < -0.3 is 0 Å². The van der Waals surface area contributed by atoms with Crippen LogP contribution in [-0.4, -0.2) is 26.9 Å². The van der Waals surface area contributed by atoms with Gasteiger partial charge in [0.05, 0.1) is 22.8 Å². The van der Waals surface area contributed by atoms with Crippen LogP contribution in [-0.2, 0) is 11.3 Å². The molecule has 8 heteroatoms. The van der Waals surface area contributed by atoms with Gasteiger partial charge in [0.2, 0.25) is 0 Å². The highest BCUT2D eigenvalue weighted by molar-refractivity contribution is 6.32. The largest absolute Gasteiger partial charge is 0.275 e. The van der Waals surface area contributed by atoms with Crippen LogP contribution in [0.1, 0.15) is 11.1 Å². The van der Waals surface area contributed by atoms with Crippen molar-refractivity contribution in [3.05, 3.63) is 105 Å². The second-order valence-corrected chi connectivity index (χ2v) is 8.39. The van der Waals surface area contributed by atoms with Gasteiger partial charge in [-0.3, -0.25) is 9.59 Å². The van der Waals surface area contributed by atoms with Crippen LogP contribution in [0.4, 0.5) is 0 Å². The Morgan fingerprint density at radius 1 is 1.03 bits per heavy atom. The van der Waals surface area contributed by atoms with E-state index in [-0.39, 0.29) is 17.3 Å². The van der Waals surface area contributed by atoms with Crippen molar-refractivity contribution in [3.63, 3.8) is 0 Å². The molecule has 1 amide bonds. The number of carbonyl (C=O) groups is 1. The molecule has 2 aromatic heterocycles. The fraction of sp³-hybridized carbons (Fsp3) is 0.0741. The summed E-state index contributed by atoms with van der Waals surface area (Å²) in [4.78, 5) is 30.0. The SMILES string of the molecule is Cc1cccc2cc(/C=N/NC(=O)Cn3nc(-c4ccccc4)c4ccccc4c3=O)c(Cl)nc12. The zero-order chi connectivity index (χ0) is 24.4. The summed E-state index contributed by atoms with van der Waals surface area (Å²) in [5.74, 6) is -0.495. The number of amides is 1. The maximum absolute atomic E-state index is 13.0. The second kappa shape index (κ2) is 9.48. The number of hydrazone groups is 1. The molecule has 0 aliphatic rings. The summed E-state index contributed by atoms with van der Waals surface area (Å²) < 4.78 is 1.16. The number of rotatable bonds is 5. The molecule has 35 heavy (non-hydrogen) atoms. The van der Waals surface area contributed by atoms with E-state index in [1.54, 1.807) is 12.1 Å². The first-order valence-corrected chi connectivity index (χ1v) is 11.3. The van der Waals surface area contributed by atoms with Crippen molar-refractivity contribution in [1.82, 2.24) is 20.2 Å². The summed E-state index contributed by atoms with van der Waals surface area (Å²) in [6.07, 6.45) is 1.43. The van der Waals surface area contributed by atoms with Crippen LogP contribution in [0.15, 0.2) is 88.8 Å². The van der Waals surface area contributed by atoms with Gasteiger partial charge in [0.1, 0.15) is 11.7 Å². The molecular formula is C27H20ClN5O2. The lowest BCUT2D eigenvalue weighted by atomic mass is 10.1. The van der Waals surface area contributed by atoms with E-state index in [1.165, 1.54) is 6.21 Å². The number of nitrogens with zero attached hydrogens (tertiary/aromatic N) is 4. The number of carbonyl (C=O) groups excluding carboxylic acids is 1. The monoisotopic (exact) mass is 481 g/mol. The molecular weight excluding hydrogens is 462 g/mol. The molecule has 0 atom stereocenters. The number of halogens is 1. The van der Waals surface area contributed by atoms with E-state index in [4.69, 9.17) is 11.6 Å². The molecule has 3 aromatic carbocycles. The van der Waals surface area contributed by atoms with Crippen molar-refractivity contribution in [3.8, 4) is 11.3 Å². The zero-order valence-electron chi connectivity index (χ0n) is 18.8. The highest BCUT2D eigenvalue weighted by Crippen LogP contribution is 2.24. The van der Waals surface area contributed by atoms with Crippen molar-refractivity contribution in [1.29, 1.82) is 0 Å². The quantitative estimate of drug-likeness (QED) is 0.223. The average Bonchev–Trinajstić information content (AvgIpc) is 2.87. The highest BCUT2D eigenvalue weighted by Gasteiger charge is 2.14. The molecule has 5 aromatic rings. The average molecular weight is 482 g/mol. The minimum atomic E-state index is -0.495. The third-order valence-electron chi connectivity index (χ3n) is 5.63. The van der Waals surface area contributed by atoms with E-state index in [0.717, 1.165) is 32.1 Å². The third-order valence-corrected chi connectivity index (χ3v) is 5.93. The lowest BCUT2D eigenvalue weighted by molar-refractivity contribution is -0.121. The Hall–Kier alpha value is -4.36. The highest BCUT2D eigenvalue weighted by atomic mass is 35.5. The van der Waals surface area contributed by atoms with E-state index < -0.39 is 5.91 Å². The molecule has 1 N–H and O–H groups in total. The van der Waals surface area contributed by atoms with Crippen LogP contribution < -0.4 is 11.0 Å². The molecule has 0 saturated heterocycles. The van der Waals surface area contributed by atoms with Gasteiger partial charge in [0, 0.05) is 21.9 Å². The van der Waals surface area contributed by atoms with Crippen LogP contribution in [0.2, 0.25) is 5.15 Å². The van der Waals surface area contributed by atoms with Crippen molar-refractivity contribution in [2.75, 3.05) is 0 Å². The predicted molar refractivity (Wildman–Crippen MR) is 139 cm³/mol. The van der Waals surface area contributed by atoms with Crippen molar-refractivity contribution in [2.24, 2.45) is 5.10 Å². The predicted octanol–water partition coefficient (Wildman–Crippen LogP) is 4.72. The Bertz CT molecular complexity index is 1660. The normalized spacial score (nSPS) is 11.4. The van der Waals surface area contributed by atoms with E-state index in [2.05, 4.69) is 20.6 Å². The Morgan fingerprint density at radius 2 is 1.77 bits per heavy atom. The smallest absolute Gasteiger partial charge is 0.271 e. The number of aromatic nitrogens is 3. The third kappa shape index (κ3) is 4.54. The molecule has 0 radical (unpaired) electrons. The molecule has 0 spiro atoms. The van der Waals surface area contributed by atoms with Gasteiger partial charge in [-0.1, -0.05) is 78.3 Å². The number of benzene rings is 3. The van der Waals surface area contributed by atoms with Gasteiger partial charge in [0.25, 0.3) is 11.5 Å². The summed E-state index contributed by atoms with van der Waals surface area (Å²) in [5, 5.41) is 10.9. The van der Waals surface area contributed by atoms with E-state index >= 15 is 0 Å². The molecule has 5 rings (SSSR count). The summed E-state index contributed by atoms with van der Waals surface area (Å²) in [7, 11) is 0. The van der Waals surface area contributed by atoms with Gasteiger partial charge in [-0.25, -0.2) is 15.1 Å². The number of fused-ring (bicyclic) bond motifs is 2.